The van der Waals surface area contributed by atoms with E-state index in [0.29, 0.717) is 24.5 Å². The largest absolute Gasteiger partial charge is 0.438 e. The van der Waals surface area contributed by atoms with Crippen LogP contribution in [-0.4, -0.2) is 34.5 Å². The summed E-state index contributed by atoms with van der Waals surface area (Å²) >= 11 is 0. The summed E-state index contributed by atoms with van der Waals surface area (Å²) in [5.41, 5.74) is 0.890. The van der Waals surface area contributed by atoms with E-state index in [9.17, 15) is 14.9 Å². The molecule has 1 aromatic carbocycles. The topological polar surface area (TPSA) is 106 Å². The maximum Gasteiger partial charge on any atom is 0.269 e. The van der Waals surface area contributed by atoms with Crippen LogP contribution in [0.25, 0.3) is 11.7 Å². The van der Waals surface area contributed by atoms with Gasteiger partial charge in [-0.15, -0.1) is 0 Å². The van der Waals surface area contributed by atoms with Gasteiger partial charge >= 0.3 is 0 Å². The van der Waals surface area contributed by atoms with E-state index in [1.54, 1.807) is 36.5 Å². The van der Waals surface area contributed by atoms with Gasteiger partial charge in [0.25, 0.3) is 11.5 Å². The first-order valence-electron chi connectivity index (χ1n) is 10.9. The molecule has 3 aromatic rings. The van der Waals surface area contributed by atoms with Crippen LogP contribution >= 0.6 is 0 Å². The lowest BCUT2D eigenvalue weighted by molar-refractivity contribution is -0.117. The molecule has 2 aromatic heterocycles. The summed E-state index contributed by atoms with van der Waals surface area (Å²) < 4.78 is 12.8. The molecule has 8 heteroatoms. The van der Waals surface area contributed by atoms with Crippen molar-refractivity contribution in [3.05, 3.63) is 75.7 Å². The minimum Gasteiger partial charge on any atom is -0.438 e. The number of fused-ring (bicyclic) bond motifs is 1. The fraction of sp³-hybridized carbons (Fsp3) is 0.280. The molecule has 168 valence electrons. The van der Waals surface area contributed by atoms with E-state index in [1.807, 2.05) is 18.2 Å². The number of aryl methyl sites for hydroxylation is 1. The Morgan fingerprint density at radius 1 is 1.33 bits per heavy atom. The number of nitrogens with one attached hydrogen (secondary N) is 1. The van der Waals surface area contributed by atoms with Gasteiger partial charge in [0, 0.05) is 19.3 Å². The molecular formula is C25H24N4O4. The maximum absolute atomic E-state index is 13.2. The summed E-state index contributed by atoms with van der Waals surface area (Å²) in [4.78, 5) is 30.3. The van der Waals surface area contributed by atoms with Gasteiger partial charge in [0.2, 0.25) is 5.88 Å². The number of pyridine rings is 1. The highest BCUT2D eigenvalue weighted by Gasteiger charge is 2.20. The van der Waals surface area contributed by atoms with E-state index in [-0.39, 0.29) is 23.1 Å². The standard InChI is InChI=1S/C25H24N4O4/c1-2-17-8-10-19(11-9-17)33-24-21(25(31)29-12-4-3-7-22(29)28-24)14-18(15-26)23(30)27-16-20-6-5-13-32-20/h3-4,7-12,14,20H,2,5-6,13,16H2,1H3,(H,27,30)/b18-14+/t20-/m0/s1. The average Bonchev–Trinajstić information content (AvgIpc) is 3.37. The van der Waals surface area contributed by atoms with Crippen LogP contribution in [0.2, 0.25) is 0 Å². The highest BCUT2D eigenvalue weighted by molar-refractivity contribution is 6.01. The molecule has 0 saturated carbocycles. The van der Waals surface area contributed by atoms with Gasteiger partial charge in [0.15, 0.2) is 0 Å². The third kappa shape index (κ3) is 5.10. The zero-order valence-corrected chi connectivity index (χ0v) is 18.3. The minimum atomic E-state index is -0.580. The normalized spacial score (nSPS) is 15.9. The number of hydrogen-bond donors (Lipinski definition) is 1. The molecule has 33 heavy (non-hydrogen) atoms. The number of rotatable bonds is 7. The molecule has 1 saturated heterocycles. The number of aromatic nitrogens is 2. The Kier molecular flexibility index (Phi) is 6.81. The average molecular weight is 444 g/mol. The number of ether oxygens (including phenoxy) is 2. The van der Waals surface area contributed by atoms with E-state index in [4.69, 9.17) is 9.47 Å². The lowest BCUT2D eigenvalue weighted by atomic mass is 10.1. The second-order valence-electron chi connectivity index (χ2n) is 7.68. The third-order valence-corrected chi connectivity index (χ3v) is 5.45. The van der Waals surface area contributed by atoms with Gasteiger partial charge < -0.3 is 14.8 Å². The van der Waals surface area contributed by atoms with Crippen LogP contribution in [0, 0.1) is 11.3 Å². The van der Waals surface area contributed by atoms with Crippen molar-refractivity contribution in [1.29, 1.82) is 5.26 Å². The second kappa shape index (κ2) is 10.1. The molecule has 4 rings (SSSR count). The number of hydrogen-bond acceptors (Lipinski definition) is 6. The first-order valence-corrected chi connectivity index (χ1v) is 10.9. The number of carbonyl (C=O) groups is 1. The monoisotopic (exact) mass is 444 g/mol. The zero-order chi connectivity index (χ0) is 23.2. The van der Waals surface area contributed by atoms with E-state index in [0.717, 1.165) is 24.8 Å². The van der Waals surface area contributed by atoms with Crippen LogP contribution in [0.15, 0.2) is 59.0 Å². The Bertz CT molecular complexity index is 1280. The molecule has 0 radical (unpaired) electrons. The smallest absolute Gasteiger partial charge is 0.269 e. The first-order chi connectivity index (χ1) is 16.1. The predicted molar refractivity (Wildman–Crippen MR) is 123 cm³/mol. The SMILES string of the molecule is CCc1ccc(Oc2nc3ccccn3c(=O)c2/C=C(\C#N)C(=O)NC[C@@H]2CCCO2)cc1. The van der Waals surface area contributed by atoms with Gasteiger partial charge in [-0.3, -0.25) is 14.0 Å². The molecule has 8 nitrogen and oxygen atoms in total. The van der Waals surface area contributed by atoms with Crippen LogP contribution in [0.4, 0.5) is 0 Å². The Balaban J connectivity index is 1.71. The van der Waals surface area contributed by atoms with Crippen LogP contribution < -0.4 is 15.6 Å². The molecule has 0 spiro atoms. The van der Waals surface area contributed by atoms with Gasteiger partial charge in [0.05, 0.1) is 6.10 Å². The molecule has 0 unspecified atom stereocenters. The van der Waals surface area contributed by atoms with Crippen molar-refractivity contribution in [1.82, 2.24) is 14.7 Å². The minimum absolute atomic E-state index is 0.0158. The first kappa shape index (κ1) is 22.2. The van der Waals surface area contributed by atoms with Crippen LogP contribution in [0.3, 0.4) is 0 Å². The van der Waals surface area contributed by atoms with E-state index in [1.165, 1.54) is 10.5 Å². The molecule has 1 amide bonds. The number of carbonyl (C=O) groups excluding carboxylic acids is 1. The summed E-state index contributed by atoms with van der Waals surface area (Å²) in [5.74, 6) is -0.0608. The highest BCUT2D eigenvalue weighted by atomic mass is 16.5. The van der Waals surface area contributed by atoms with Gasteiger partial charge in [-0.25, -0.2) is 0 Å². The lowest BCUT2D eigenvalue weighted by Gasteiger charge is -2.12. The van der Waals surface area contributed by atoms with Crippen LogP contribution in [-0.2, 0) is 16.0 Å². The zero-order valence-electron chi connectivity index (χ0n) is 18.3. The summed E-state index contributed by atoms with van der Waals surface area (Å²) in [6.07, 6.45) is 5.43. The molecule has 0 bridgehead atoms. The molecule has 1 atom stereocenters. The van der Waals surface area contributed by atoms with Crippen LogP contribution in [0.5, 0.6) is 11.6 Å². The highest BCUT2D eigenvalue weighted by Crippen LogP contribution is 2.24. The number of amides is 1. The number of nitriles is 1. The van der Waals surface area contributed by atoms with Crippen molar-refractivity contribution in [2.45, 2.75) is 32.3 Å². The summed E-state index contributed by atoms with van der Waals surface area (Å²) in [6.45, 7) is 3.03. The van der Waals surface area contributed by atoms with Crippen LogP contribution in [0.1, 0.15) is 30.9 Å². The third-order valence-electron chi connectivity index (χ3n) is 5.45. The summed E-state index contributed by atoms with van der Waals surface area (Å²) in [5, 5.41) is 12.3. The van der Waals surface area contributed by atoms with Crippen molar-refractivity contribution >= 4 is 17.6 Å². The quantitative estimate of drug-likeness (QED) is 0.443. The fourth-order valence-corrected chi connectivity index (χ4v) is 3.59. The Hall–Kier alpha value is -3.96. The molecule has 1 N–H and O–H groups in total. The van der Waals surface area contributed by atoms with E-state index in [2.05, 4.69) is 17.2 Å². The second-order valence-corrected chi connectivity index (χ2v) is 7.68. The van der Waals surface area contributed by atoms with Gasteiger partial charge in [-0.05, 0) is 55.2 Å². The summed E-state index contributed by atoms with van der Waals surface area (Å²) in [6, 6.07) is 14.5. The number of benzene rings is 1. The molecule has 0 aliphatic carbocycles. The fourth-order valence-electron chi connectivity index (χ4n) is 3.59. The molecular weight excluding hydrogens is 420 g/mol. The van der Waals surface area contributed by atoms with Crippen molar-refractivity contribution in [2.24, 2.45) is 0 Å². The Morgan fingerprint density at radius 3 is 2.85 bits per heavy atom. The lowest BCUT2D eigenvalue weighted by Crippen LogP contribution is -2.32. The Labute approximate surface area is 191 Å². The molecule has 1 aliphatic rings. The van der Waals surface area contributed by atoms with E-state index >= 15 is 0 Å². The van der Waals surface area contributed by atoms with Crippen molar-refractivity contribution in [3.8, 4) is 17.7 Å². The molecule has 3 heterocycles. The van der Waals surface area contributed by atoms with Gasteiger partial charge in [-0.1, -0.05) is 25.1 Å². The van der Waals surface area contributed by atoms with Crippen molar-refractivity contribution in [3.63, 3.8) is 0 Å². The predicted octanol–water partition coefficient (Wildman–Crippen LogP) is 3.25. The van der Waals surface area contributed by atoms with Gasteiger partial charge in [0.1, 0.15) is 28.6 Å². The molecule has 1 fully saturated rings. The van der Waals surface area contributed by atoms with Crippen molar-refractivity contribution in [2.75, 3.05) is 13.2 Å². The number of nitrogens with zero attached hydrogens (tertiary/aromatic N) is 3. The van der Waals surface area contributed by atoms with Gasteiger partial charge in [-0.2, -0.15) is 10.2 Å². The molecule has 1 aliphatic heterocycles. The maximum atomic E-state index is 13.2. The van der Waals surface area contributed by atoms with Crippen molar-refractivity contribution < 1.29 is 14.3 Å². The van der Waals surface area contributed by atoms with E-state index < -0.39 is 11.5 Å². The summed E-state index contributed by atoms with van der Waals surface area (Å²) in [7, 11) is 0. The Morgan fingerprint density at radius 2 is 2.15 bits per heavy atom.